The number of aromatic nitrogens is 2. The maximum Gasteiger partial charge on any atom is 0.135 e. The molecular formula is C70H57N4OPt-3. The molecule has 0 radical (unpaired) electrons. The van der Waals surface area contributed by atoms with Crippen molar-refractivity contribution in [2.75, 3.05) is 9.80 Å². The van der Waals surface area contributed by atoms with Gasteiger partial charge in [-0.25, -0.2) is 4.98 Å². The molecule has 0 saturated carbocycles. The summed E-state index contributed by atoms with van der Waals surface area (Å²) in [5, 5.41) is 2.17. The first-order valence-corrected chi connectivity index (χ1v) is 25.9. The number of fused-ring (bicyclic) bond motifs is 7. The van der Waals surface area contributed by atoms with Crippen LogP contribution in [0.1, 0.15) is 78.0 Å². The van der Waals surface area contributed by atoms with Gasteiger partial charge in [0.1, 0.15) is 5.82 Å². The largest absolute Gasteiger partial charge is 0.509 e. The minimum Gasteiger partial charge on any atom is -0.509 e. The zero-order valence-corrected chi connectivity index (χ0v) is 45.6. The first-order chi connectivity index (χ1) is 37.2. The molecule has 11 aromatic rings. The molecule has 1 aliphatic carbocycles. The summed E-state index contributed by atoms with van der Waals surface area (Å²) >= 11 is 0. The zero-order chi connectivity index (χ0) is 52.8. The fourth-order valence-electron chi connectivity index (χ4n) is 11.3. The van der Waals surface area contributed by atoms with Crippen molar-refractivity contribution in [2.24, 2.45) is 5.41 Å². The van der Waals surface area contributed by atoms with Gasteiger partial charge in [0.2, 0.25) is 0 Å². The standard InChI is InChI=1S/C70H57N4O.Pt/c1-69(2,3)44-46-37-60(47-21-9-7-10-22-47)68(61(38-46)48-23-11-8-12-24-48)73-45-72(63-31-19-20-32-64(63)73)51-39-49(67-58-28-15-13-25-54(58)55-26-14-16-29-59(55)67)40-53(42-51)75-52-33-34-57-56-27-17-18-30-62(56)74(65(57)43-52)66-41-50(35-36-71-66)70(4,5)6;/h7-41,45,67H,44H2,1-6H3;/q-3;/i44D2;. The molecular weight excluding hydrogens is 1110 g/mol. The maximum atomic E-state index is 9.62. The third-order valence-electron chi connectivity index (χ3n) is 14.6. The fraction of sp³-hybridized carbons (Fsp3) is 0.143. The summed E-state index contributed by atoms with van der Waals surface area (Å²) in [6.07, 6.45) is 0.243. The van der Waals surface area contributed by atoms with Crippen molar-refractivity contribution >= 4 is 44.6 Å². The number of pyridine rings is 1. The number of rotatable bonds is 9. The van der Waals surface area contributed by atoms with Crippen LogP contribution < -0.4 is 14.5 Å². The average molecular weight is 1170 g/mol. The Morgan fingerprint density at radius 3 is 1.80 bits per heavy atom. The summed E-state index contributed by atoms with van der Waals surface area (Å²) in [6.45, 7) is 14.8. The molecule has 2 aromatic heterocycles. The molecule has 0 spiro atoms. The Hall–Kier alpha value is -7.98. The third kappa shape index (κ3) is 8.81. The van der Waals surface area contributed by atoms with Gasteiger partial charge in [-0.2, -0.15) is 6.07 Å². The molecule has 0 amide bonds. The summed E-state index contributed by atoms with van der Waals surface area (Å²) in [7, 11) is 0. The van der Waals surface area contributed by atoms with Crippen LogP contribution in [0.2, 0.25) is 0 Å². The Labute approximate surface area is 464 Å². The van der Waals surface area contributed by atoms with Gasteiger partial charge >= 0.3 is 0 Å². The van der Waals surface area contributed by atoms with Gasteiger partial charge in [0.05, 0.1) is 0 Å². The summed E-state index contributed by atoms with van der Waals surface area (Å²) in [5.74, 6) is 1.86. The Balaban J connectivity index is 0.00000609. The zero-order valence-electron chi connectivity index (χ0n) is 45.4. The normalized spacial score (nSPS) is 13.8. The van der Waals surface area contributed by atoms with Gasteiger partial charge < -0.3 is 19.1 Å². The predicted octanol–water partition coefficient (Wildman–Crippen LogP) is 18.4. The minimum absolute atomic E-state index is 0. The van der Waals surface area contributed by atoms with Gasteiger partial charge in [-0.3, -0.25) is 0 Å². The molecule has 376 valence electrons. The third-order valence-corrected chi connectivity index (χ3v) is 14.6. The van der Waals surface area contributed by atoms with Crippen LogP contribution in [-0.2, 0) is 32.9 Å². The number of benzene rings is 9. The molecule has 0 saturated heterocycles. The molecule has 5 nitrogen and oxygen atoms in total. The SMILES string of the molecule is [2H]C([2H])(c1cc(-c2ccccc2)c(N2[CH-]N(c3[c-]c(Oc4[c-]c5c(cc4)c4ccccc4n5-c4cc(C(C)(C)C)ccn4)cc(C4c5ccccc5-c5ccccc54)c3)c3ccccc32)c(-c2ccccc2)c1)C(C)(C)C.[Pt]. The van der Waals surface area contributed by atoms with Crippen LogP contribution in [0.15, 0.2) is 212 Å². The van der Waals surface area contributed by atoms with E-state index in [2.05, 4.69) is 242 Å². The van der Waals surface area contributed by atoms with E-state index >= 15 is 0 Å². The van der Waals surface area contributed by atoms with Crippen LogP contribution in [0.4, 0.5) is 22.7 Å². The van der Waals surface area contributed by atoms with E-state index in [4.69, 9.17) is 9.72 Å². The van der Waals surface area contributed by atoms with Crippen molar-refractivity contribution in [1.29, 1.82) is 0 Å². The predicted molar refractivity (Wildman–Crippen MR) is 310 cm³/mol. The molecule has 2 aliphatic rings. The number of anilines is 4. The van der Waals surface area contributed by atoms with Gasteiger partial charge in [-0.1, -0.05) is 187 Å². The van der Waals surface area contributed by atoms with E-state index in [1.807, 2.05) is 45.2 Å². The van der Waals surface area contributed by atoms with Gasteiger partial charge in [0, 0.05) is 81.1 Å². The van der Waals surface area contributed by atoms with E-state index in [0.29, 0.717) is 17.1 Å². The molecule has 0 bridgehead atoms. The molecule has 0 fully saturated rings. The Morgan fingerprint density at radius 2 is 1.16 bits per heavy atom. The molecule has 76 heavy (non-hydrogen) atoms. The Kier molecular flexibility index (Phi) is 11.8. The van der Waals surface area contributed by atoms with Gasteiger partial charge in [-0.05, 0) is 110 Å². The van der Waals surface area contributed by atoms with Crippen molar-refractivity contribution in [3.63, 3.8) is 0 Å². The number of hydrogen-bond acceptors (Lipinski definition) is 4. The molecule has 0 atom stereocenters. The van der Waals surface area contributed by atoms with E-state index < -0.39 is 11.8 Å². The molecule has 3 heterocycles. The summed E-state index contributed by atoms with van der Waals surface area (Å²) in [5.41, 5.74) is 16.5. The molecule has 0 N–H and O–H groups in total. The monoisotopic (exact) mass is 1170 g/mol. The minimum atomic E-state index is -1.66. The van der Waals surface area contributed by atoms with Crippen LogP contribution in [0.5, 0.6) is 11.5 Å². The van der Waals surface area contributed by atoms with Gasteiger partial charge in [-0.15, -0.1) is 53.6 Å². The first-order valence-electron chi connectivity index (χ1n) is 26.9. The Bertz CT molecular complexity index is 3980. The molecule has 9 aromatic carbocycles. The second kappa shape index (κ2) is 19.3. The summed E-state index contributed by atoms with van der Waals surface area (Å²) < 4.78 is 28.6. The molecule has 1 aliphatic heterocycles. The molecule has 13 rings (SSSR count). The van der Waals surface area contributed by atoms with Crippen LogP contribution in [-0.4, -0.2) is 9.55 Å². The van der Waals surface area contributed by atoms with Gasteiger partial charge in [0.15, 0.2) is 0 Å². The second-order valence-electron chi connectivity index (χ2n) is 21.8. The van der Waals surface area contributed by atoms with E-state index in [1.165, 1.54) is 27.8 Å². The number of hydrogen-bond donors (Lipinski definition) is 0. The Morgan fingerprint density at radius 1 is 0.566 bits per heavy atom. The average Bonchev–Trinajstić information content (AvgIpc) is 4.24. The van der Waals surface area contributed by atoms with E-state index in [0.717, 1.165) is 78.2 Å². The van der Waals surface area contributed by atoms with E-state index in [-0.39, 0.29) is 32.4 Å². The van der Waals surface area contributed by atoms with Gasteiger partial charge in [0.25, 0.3) is 0 Å². The maximum absolute atomic E-state index is 9.62. The number of para-hydroxylation sites is 3. The van der Waals surface area contributed by atoms with Crippen molar-refractivity contribution < 1.29 is 28.5 Å². The van der Waals surface area contributed by atoms with Crippen molar-refractivity contribution in [1.82, 2.24) is 9.55 Å². The first kappa shape index (κ1) is 46.5. The molecule has 6 heteroatoms. The van der Waals surface area contributed by atoms with Crippen LogP contribution >= 0.6 is 0 Å². The smallest absolute Gasteiger partial charge is 0.135 e. The fourth-order valence-corrected chi connectivity index (χ4v) is 11.3. The van der Waals surface area contributed by atoms with E-state index in [1.54, 1.807) is 0 Å². The number of nitrogens with zero attached hydrogens (tertiary/aromatic N) is 4. The van der Waals surface area contributed by atoms with Crippen LogP contribution in [0.25, 0.3) is 61.0 Å². The van der Waals surface area contributed by atoms with Crippen molar-refractivity contribution in [3.05, 3.63) is 259 Å². The summed E-state index contributed by atoms with van der Waals surface area (Å²) in [4.78, 5) is 9.44. The van der Waals surface area contributed by atoms with Crippen molar-refractivity contribution in [3.8, 4) is 50.7 Å². The summed E-state index contributed by atoms with van der Waals surface area (Å²) in [6, 6.07) is 79.7. The number of ether oxygens (including phenoxy) is 1. The topological polar surface area (TPSA) is 33.5 Å². The second-order valence-corrected chi connectivity index (χ2v) is 21.8. The van der Waals surface area contributed by atoms with Crippen LogP contribution in [0.3, 0.4) is 0 Å². The quantitative estimate of drug-likeness (QED) is 0.135. The van der Waals surface area contributed by atoms with Crippen LogP contribution in [0, 0.1) is 24.2 Å². The molecule has 0 unspecified atom stereocenters. The van der Waals surface area contributed by atoms with Crippen molar-refractivity contribution in [2.45, 2.75) is 59.2 Å². The van der Waals surface area contributed by atoms with E-state index in [9.17, 15) is 2.74 Å².